The van der Waals surface area contributed by atoms with Gasteiger partial charge in [0.15, 0.2) is 0 Å². The van der Waals surface area contributed by atoms with E-state index in [9.17, 15) is 4.39 Å². The highest BCUT2D eigenvalue weighted by Gasteiger charge is 2.12. The first-order valence-corrected chi connectivity index (χ1v) is 5.44. The maximum Gasteiger partial charge on any atom is 0.255 e. The van der Waals surface area contributed by atoms with E-state index in [2.05, 4.69) is 25.3 Å². The molecule has 2 aromatic heterocycles. The van der Waals surface area contributed by atoms with Crippen molar-refractivity contribution in [1.82, 2.24) is 19.9 Å². The summed E-state index contributed by atoms with van der Waals surface area (Å²) in [6.07, 6.45) is 2.80. The molecule has 0 bridgehead atoms. The van der Waals surface area contributed by atoms with E-state index in [4.69, 9.17) is 4.74 Å². The van der Waals surface area contributed by atoms with Gasteiger partial charge in [0.2, 0.25) is 11.8 Å². The van der Waals surface area contributed by atoms with Crippen molar-refractivity contribution in [3.63, 3.8) is 0 Å². The number of aromatic amines is 1. The molecular formula is C11H14FN5O. The van der Waals surface area contributed by atoms with Gasteiger partial charge in [0.05, 0.1) is 19.3 Å². The smallest absolute Gasteiger partial charge is 0.255 e. The Hall–Kier alpha value is -2.18. The lowest BCUT2D eigenvalue weighted by Crippen LogP contribution is -2.11. The summed E-state index contributed by atoms with van der Waals surface area (Å²) in [6.45, 7) is 3.82. The average Bonchev–Trinajstić information content (AvgIpc) is 2.78. The van der Waals surface area contributed by atoms with Crippen LogP contribution in [0.5, 0.6) is 5.88 Å². The van der Waals surface area contributed by atoms with Gasteiger partial charge in [0.1, 0.15) is 5.82 Å². The molecule has 0 saturated carbocycles. The molecule has 1 unspecified atom stereocenters. The largest absolute Gasteiger partial charge is 0.479 e. The molecule has 0 fully saturated rings. The molecule has 2 rings (SSSR count). The Morgan fingerprint density at radius 3 is 2.78 bits per heavy atom. The van der Waals surface area contributed by atoms with Crippen LogP contribution >= 0.6 is 0 Å². The summed E-state index contributed by atoms with van der Waals surface area (Å²) in [5.74, 6) is 0.370. The summed E-state index contributed by atoms with van der Waals surface area (Å²) in [7, 11) is 1.36. The molecule has 6 nitrogen and oxygen atoms in total. The molecule has 96 valence electrons. The highest BCUT2D eigenvalue weighted by molar-refractivity contribution is 5.30. The second-order valence-corrected chi connectivity index (χ2v) is 3.87. The SMILES string of the molecule is COc1nc(NC(C)c2ncc(C)[nH]2)ncc1F. The van der Waals surface area contributed by atoms with Crippen molar-refractivity contribution < 1.29 is 9.13 Å². The first kappa shape index (κ1) is 12.3. The van der Waals surface area contributed by atoms with Crippen molar-refractivity contribution in [3.8, 4) is 5.88 Å². The number of hydrogen-bond donors (Lipinski definition) is 2. The molecule has 18 heavy (non-hydrogen) atoms. The van der Waals surface area contributed by atoms with Crippen molar-refractivity contribution in [2.24, 2.45) is 0 Å². The second-order valence-electron chi connectivity index (χ2n) is 3.87. The summed E-state index contributed by atoms with van der Waals surface area (Å²) in [6, 6.07) is -0.117. The first-order chi connectivity index (χ1) is 8.60. The standard InChI is InChI=1S/C11H14FN5O/c1-6-4-13-9(15-6)7(2)16-11-14-5-8(12)10(17-11)18-3/h4-5,7H,1-3H3,(H,13,15)(H,14,16,17). The third-order valence-corrected chi connectivity index (χ3v) is 2.38. The van der Waals surface area contributed by atoms with Gasteiger partial charge in [0.25, 0.3) is 5.88 Å². The fraction of sp³-hybridized carbons (Fsp3) is 0.364. The molecule has 7 heteroatoms. The zero-order chi connectivity index (χ0) is 13.1. The van der Waals surface area contributed by atoms with Crippen LogP contribution in [-0.4, -0.2) is 27.0 Å². The van der Waals surface area contributed by atoms with E-state index in [1.165, 1.54) is 7.11 Å². The monoisotopic (exact) mass is 251 g/mol. The van der Waals surface area contributed by atoms with Gasteiger partial charge in [-0.3, -0.25) is 0 Å². The Kier molecular flexibility index (Phi) is 3.40. The van der Waals surface area contributed by atoms with E-state index in [1.807, 2.05) is 13.8 Å². The topological polar surface area (TPSA) is 75.7 Å². The van der Waals surface area contributed by atoms with Crippen LogP contribution in [0, 0.1) is 12.7 Å². The molecule has 0 spiro atoms. The third-order valence-electron chi connectivity index (χ3n) is 2.38. The van der Waals surface area contributed by atoms with Gasteiger partial charge in [-0.15, -0.1) is 0 Å². The minimum Gasteiger partial charge on any atom is -0.479 e. The lowest BCUT2D eigenvalue weighted by atomic mass is 10.3. The van der Waals surface area contributed by atoms with E-state index < -0.39 is 5.82 Å². The predicted molar refractivity (Wildman–Crippen MR) is 63.9 cm³/mol. The van der Waals surface area contributed by atoms with E-state index >= 15 is 0 Å². The Balaban J connectivity index is 2.14. The fourth-order valence-corrected chi connectivity index (χ4v) is 1.48. The summed E-state index contributed by atoms with van der Waals surface area (Å²) in [5.41, 5.74) is 0.969. The summed E-state index contributed by atoms with van der Waals surface area (Å²) >= 11 is 0. The molecule has 0 aliphatic heterocycles. The number of H-pyrrole nitrogens is 1. The van der Waals surface area contributed by atoms with Crippen molar-refractivity contribution in [3.05, 3.63) is 29.7 Å². The van der Waals surface area contributed by atoms with Crippen molar-refractivity contribution in [1.29, 1.82) is 0 Å². The molecule has 1 atom stereocenters. The average molecular weight is 251 g/mol. The molecule has 0 aliphatic rings. The maximum absolute atomic E-state index is 13.1. The first-order valence-electron chi connectivity index (χ1n) is 5.44. The number of halogens is 1. The van der Waals surface area contributed by atoms with Crippen LogP contribution in [0.2, 0.25) is 0 Å². The van der Waals surface area contributed by atoms with Gasteiger partial charge in [0, 0.05) is 11.9 Å². The van der Waals surface area contributed by atoms with E-state index in [0.29, 0.717) is 0 Å². The summed E-state index contributed by atoms with van der Waals surface area (Å²) in [5, 5.41) is 3.01. The zero-order valence-electron chi connectivity index (χ0n) is 10.4. The predicted octanol–water partition coefficient (Wildman–Crippen LogP) is 1.83. The van der Waals surface area contributed by atoms with E-state index in [0.717, 1.165) is 17.7 Å². The molecule has 2 N–H and O–H groups in total. The molecule has 2 aromatic rings. The number of methoxy groups -OCH3 is 1. The summed E-state index contributed by atoms with van der Waals surface area (Å²) in [4.78, 5) is 15.0. The van der Waals surface area contributed by atoms with E-state index in [-0.39, 0.29) is 17.9 Å². The van der Waals surface area contributed by atoms with Crippen LogP contribution in [0.25, 0.3) is 0 Å². The van der Waals surface area contributed by atoms with Gasteiger partial charge in [-0.05, 0) is 13.8 Å². The van der Waals surface area contributed by atoms with Gasteiger partial charge < -0.3 is 15.0 Å². The molecule has 2 heterocycles. The number of aryl methyl sites for hydroxylation is 1. The van der Waals surface area contributed by atoms with Gasteiger partial charge in [-0.2, -0.15) is 9.37 Å². The molecule has 0 saturated heterocycles. The zero-order valence-corrected chi connectivity index (χ0v) is 10.4. The number of aromatic nitrogens is 4. The number of anilines is 1. The molecule has 0 aliphatic carbocycles. The van der Waals surface area contributed by atoms with Crippen LogP contribution in [0.1, 0.15) is 24.5 Å². The Labute approximate surface area is 104 Å². The van der Waals surface area contributed by atoms with Crippen LogP contribution in [-0.2, 0) is 0 Å². The van der Waals surface area contributed by atoms with Crippen LogP contribution in [0.15, 0.2) is 12.4 Å². The van der Waals surface area contributed by atoms with Gasteiger partial charge in [-0.25, -0.2) is 9.97 Å². The van der Waals surface area contributed by atoms with Crippen molar-refractivity contribution in [2.45, 2.75) is 19.9 Å². The number of nitrogens with one attached hydrogen (secondary N) is 2. The van der Waals surface area contributed by atoms with Gasteiger partial charge in [-0.1, -0.05) is 0 Å². The normalized spacial score (nSPS) is 12.2. The molecular weight excluding hydrogens is 237 g/mol. The molecule has 0 amide bonds. The number of imidazole rings is 1. The highest BCUT2D eigenvalue weighted by Crippen LogP contribution is 2.17. The van der Waals surface area contributed by atoms with Crippen LogP contribution in [0.4, 0.5) is 10.3 Å². The van der Waals surface area contributed by atoms with Crippen molar-refractivity contribution in [2.75, 3.05) is 12.4 Å². The highest BCUT2D eigenvalue weighted by atomic mass is 19.1. The number of hydrogen-bond acceptors (Lipinski definition) is 5. The minimum atomic E-state index is -0.593. The quantitative estimate of drug-likeness (QED) is 0.867. The van der Waals surface area contributed by atoms with Crippen LogP contribution in [0.3, 0.4) is 0 Å². The summed E-state index contributed by atoms with van der Waals surface area (Å²) < 4.78 is 17.9. The van der Waals surface area contributed by atoms with Gasteiger partial charge >= 0.3 is 0 Å². The van der Waals surface area contributed by atoms with E-state index in [1.54, 1.807) is 6.20 Å². The molecule has 0 radical (unpaired) electrons. The maximum atomic E-state index is 13.1. The lowest BCUT2D eigenvalue weighted by molar-refractivity contribution is 0.367. The number of nitrogens with zero attached hydrogens (tertiary/aromatic N) is 3. The minimum absolute atomic E-state index is 0.0877. The second kappa shape index (κ2) is 4.99. The molecule has 0 aromatic carbocycles. The van der Waals surface area contributed by atoms with Crippen LogP contribution < -0.4 is 10.1 Å². The number of ether oxygens (including phenoxy) is 1. The third kappa shape index (κ3) is 2.55. The Morgan fingerprint density at radius 2 is 2.17 bits per heavy atom. The van der Waals surface area contributed by atoms with Crippen molar-refractivity contribution >= 4 is 5.95 Å². The number of rotatable bonds is 4. The Morgan fingerprint density at radius 1 is 1.39 bits per heavy atom. The lowest BCUT2D eigenvalue weighted by Gasteiger charge is -2.11. The Bertz CT molecular complexity index is 542. The fourth-order valence-electron chi connectivity index (χ4n) is 1.48.